The van der Waals surface area contributed by atoms with Gasteiger partial charge in [-0.2, -0.15) is 0 Å². The van der Waals surface area contributed by atoms with Gasteiger partial charge in [0.05, 0.1) is 13.5 Å². The number of hydrogen-bond acceptors (Lipinski definition) is 2. The summed E-state index contributed by atoms with van der Waals surface area (Å²) >= 11 is 0. The minimum Gasteiger partial charge on any atom is -0.462 e. The van der Waals surface area contributed by atoms with E-state index in [0.717, 1.165) is 10.6 Å². The van der Waals surface area contributed by atoms with Gasteiger partial charge in [-0.3, -0.25) is 0 Å². The third-order valence-corrected chi connectivity index (χ3v) is 6.09. The van der Waals surface area contributed by atoms with Crippen LogP contribution >= 0.6 is 6.89 Å². The zero-order valence-corrected chi connectivity index (χ0v) is 11.8. The number of carbonyl (C=O) groups is 1. The summed E-state index contributed by atoms with van der Waals surface area (Å²) in [6, 6.07) is 19.4. The Morgan fingerprint density at radius 2 is 1.42 bits per heavy atom. The molecule has 0 heterocycles. The molecule has 2 rings (SSSR count). The van der Waals surface area contributed by atoms with Crippen LogP contribution in [0.1, 0.15) is 6.92 Å². The average molecular weight is 272 g/mol. The molecule has 2 aromatic rings. The minimum atomic E-state index is -2.39. The van der Waals surface area contributed by atoms with Crippen molar-refractivity contribution in [2.75, 3.05) is 6.61 Å². The second-order valence-electron chi connectivity index (χ2n) is 4.18. The van der Waals surface area contributed by atoms with Gasteiger partial charge in [0.1, 0.15) is 0 Å². The molecule has 98 valence electrons. The molecule has 0 amide bonds. The van der Waals surface area contributed by atoms with E-state index in [1.54, 1.807) is 0 Å². The molecule has 0 spiro atoms. The molecule has 0 aliphatic carbocycles. The van der Waals surface area contributed by atoms with Gasteiger partial charge < -0.3 is 4.74 Å². The molecule has 3 heteroatoms. The molecule has 0 bridgehead atoms. The predicted molar refractivity (Wildman–Crippen MR) is 83.2 cm³/mol. The van der Waals surface area contributed by atoms with Crippen LogP contribution in [0.3, 0.4) is 0 Å². The molecule has 0 aromatic heterocycles. The molecule has 0 saturated carbocycles. The molecule has 2 nitrogen and oxygen atoms in total. The molecular formula is C16H17O2P. The summed E-state index contributed by atoms with van der Waals surface area (Å²) in [6.07, 6.45) is 4.27. The van der Waals surface area contributed by atoms with Gasteiger partial charge in [0.25, 0.3) is 0 Å². The van der Waals surface area contributed by atoms with Crippen molar-refractivity contribution in [2.45, 2.75) is 6.92 Å². The highest BCUT2D eigenvalue weighted by molar-refractivity contribution is 8.00. The molecule has 0 fully saturated rings. The molecule has 0 N–H and O–H groups in total. The molecular weight excluding hydrogens is 255 g/mol. The zero-order chi connectivity index (χ0) is 13.7. The fourth-order valence-corrected chi connectivity index (χ4v) is 4.39. The third kappa shape index (κ3) is 2.64. The Morgan fingerprint density at radius 3 is 1.79 bits per heavy atom. The lowest BCUT2D eigenvalue weighted by molar-refractivity contribution is 0.180. The summed E-state index contributed by atoms with van der Waals surface area (Å²) in [4.78, 5) is 12.4. The van der Waals surface area contributed by atoms with E-state index in [1.165, 1.54) is 0 Å². The monoisotopic (exact) mass is 272 g/mol. The van der Waals surface area contributed by atoms with Gasteiger partial charge in [0.15, 0.2) is 0 Å². The van der Waals surface area contributed by atoms with E-state index in [4.69, 9.17) is 4.74 Å². The molecule has 2 aromatic carbocycles. The predicted octanol–water partition coefficient (Wildman–Crippen LogP) is 3.24. The van der Waals surface area contributed by atoms with Crippen molar-refractivity contribution >= 4 is 29.5 Å². The van der Waals surface area contributed by atoms with Crippen LogP contribution in [0.5, 0.6) is 0 Å². The number of hydrogen-bond donors (Lipinski definition) is 0. The maximum absolute atomic E-state index is 12.4. The number of carbonyl (C=O) groups excluding carboxylic acids is 1. The van der Waals surface area contributed by atoms with Gasteiger partial charge in [-0.1, -0.05) is 67.0 Å². The highest BCUT2D eigenvalue weighted by Crippen LogP contribution is 2.44. The summed E-state index contributed by atoms with van der Waals surface area (Å²) in [6.45, 7) is -0.204. The van der Waals surface area contributed by atoms with E-state index in [2.05, 4.69) is 6.30 Å². The van der Waals surface area contributed by atoms with Crippen LogP contribution in [-0.2, 0) is 4.74 Å². The Labute approximate surface area is 114 Å². The van der Waals surface area contributed by atoms with Crippen molar-refractivity contribution in [3.05, 3.63) is 60.7 Å². The van der Waals surface area contributed by atoms with Crippen molar-refractivity contribution in [1.29, 1.82) is 0 Å². The van der Waals surface area contributed by atoms with E-state index >= 15 is 0 Å². The molecule has 0 saturated heterocycles. The number of rotatable bonds is 4. The molecule has 0 aliphatic heterocycles. The summed E-state index contributed by atoms with van der Waals surface area (Å²) in [5, 5.41) is 1.89. The van der Waals surface area contributed by atoms with E-state index in [9.17, 15) is 4.79 Å². The Morgan fingerprint density at radius 1 is 1.00 bits per heavy atom. The summed E-state index contributed by atoms with van der Waals surface area (Å²) < 4.78 is 5.26. The lowest BCUT2D eigenvalue weighted by Crippen LogP contribution is -2.23. The van der Waals surface area contributed by atoms with E-state index in [0.29, 0.717) is 6.61 Å². The molecule has 19 heavy (non-hydrogen) atoms. The fraction of sp³-hybridized carbons (Fsp3) is 0.125. The highest BCUT2D eigenvalue weighted by Gasteiger charge is 2.29. The quantitative estimate of drug-likeness (QED) is 0.799. The van der Waals surface area contributed by atoms with Gasteiger partial charge in [0.2, 0.25) is 0 Å². The van der Waals surface area contributed by atoms with Gasteiger partial charge in [0, 0.05) is 0 Å². The minimum absolute atomic E-state index is 0.215. The van der Waals surface area contributed by atoms with Crippen LogP contribution < -0.4 is 10.6 Å². The van der Waals surface area contributed by atoms with Crippen LogP contribution in [0.4, 0.5) is 4.79 Å². The fourth-order valence-electron chi connectivity index (χ4n) is 1.96. The Balaban J connectivity index is 2.58. The lowest BCUT2D eigenvalue weighted by atomic mass is 10.4. The van der Waals surface area contributed by atoms with Crippen molar-refractivity contribution in [3.63, 3.8) is 0 Å². The topological polar surface area (TPSA) is 26.3 Å². The van der Waals surface area contributed by atoms with Crippen LogP contribution in [0.2, 0.25) is 0 Å². The first kappa shape index (κ1) is 13.6. The summed E-state index contributed by atoms with van der Waals surface area (Å²) in [5.41, 5.74) is -0.215. The van der Waals surface area contributed by atoms with Crippen LogP contribution in [0.25, 0.3) is 0 Å². The largest absolute Gasteiger partial charge is 0.462 e. The van der Waals surface area contributed by atoms with Gasteiger partial charge in [-0.25, -0.2) is 4.79 Å². The van der Waals surface area contributed by atoms with Gasteiger partial charge >= 0.3 is 5.71 Å². The zero-order valence-electron chi connectivity index (χ0n) is 11.0. The van der Waals surface area contributed by atoms with Gasteiger partial charge in [-0.05, 0) is 17.5 Å². The van der Waals surface area contributed by atoms with E-state index in [-0.39, 0.29) is 5.71 Å². The van der Waals surface area contributed by atoms with E-state index in [1.807, 2.05) is 67.6 Å². The third-order valence-electron chi connectivity index (χ3n) is 2.97. The first-order valence-corrected chi connectivity index (χ1v) is 8.19. The highest BCUT2D eigenvalue weighted by atomic mass is 31.2. The van der Waals surface area contributed by atoms with Crippen molar-refractivity contribution < 1.29 is 9.53 Å². The van der Waals surface area contributed by atoms with Crippen molar-refractivity contribution in [1.82, 2.24) is 0 Å². The van der Waals surface area contributed by atoms with Crippen LogP contribution in [-0.4, -0.2) is 18.6 Å². The smallest absolute Gasteiger partial charge is 0.333 e. The molecule has 0 aliphatic rings. The van der Waals surface area contributed by atoms with Crippen molar-refractivity contribution in [2.24, 2.45) is 0 Å². The average Bonchev–Trinajstić information content (AvgIpc) is 2.48. The summed E-state index contributed by atoms with van der Waals surface area (Å²) in [7, 11) is 0. The van der Waals surface area contributed by atoms with Crippen molar-refractivity contribution in [3.8, 4) is 0 Å². The van der Waals surface area contributed by atoms with Crippen LogP contribution in [0.15, 0.2) is 60.7 Å². The maximum Gasteiger partial charge on any atom is 0.333 e. The summed E-state index contributed by atoms with van der Waals surface area (Å²) in [5.74, 6) is 0. The molecule has 0 unspecified atom stereocenters. The Kier molecular flexibility index (Phi) is 4.24. The first-order chi connectivity index (χ1) is 9.19. The van der Waals surface area contributed by atoms with E-state index < -0.39 is 6.89 Å². The molecule has 0 atom stereocenters. The standard InChI is InChI=1S/C16H17O2P/c1-3-18-16(17)19(2,14-10-6-4-7-11-14)15-12-8-5-9-13-15/h4-13H,2-3H2,1H3. The lowest BCUT2D eigenvalue weighted by Gasteiger charge is -2.23. The first-order valence-electron chi connectivity index (χ1n) is 6.21. The Bertz CT molecular complexity index is 547. The molecule has 0 radical (unpaired) electrons. The second kappa shape index (κ2) is 5.90. The number of benzene rings is 2. The normalized spacial score (nSPS) is 11.0. The maximum atomic E-state index is 12.4. The number of ether oxygens (including phenoxy) is 1. The Hall–Kier alpha value is -1.79. The second-order valence-corrected chi connectivity index (χ2v) is 7.20. The SMILES string of the molecule is C=P(C(=O)OCC)(c1ccccc1)c1ccccc1. The van der Waals surface area contributed by atoms with Crippen LogP contribution in [0, 0.1) is 0 Å². The van der Waals surface area contributed by atoms with Gasteiger partial charge in [-0.15, -0.1) is 0 Å².